The smallest absolute Gasteiger partial charge is 0.372 e. The van der Waals surface area contributed by atoms with Gasteiger partial charge in [0.1, 0.15) is 0 Å². The first-order chi connectivity index (χ1) is 9.15. The Bertz CT molecular complexity index is 857. The summed E-state index contributed by atoms with van der Waals surface area (Å²) in [6.45, 7) is 0.268. The van der Waals surface area contributed by atoms with Crippen molar-refractivity contribution >= 4 is 10.9 Å². The number of hydrogen-bond donors (Lipinski definition) is 0. The third kappa shape index (κ3) is 1.97. The van der Waals surface area contributed by atoms with Crippen molar-refractivity contribution in [3.8, 4) is 0 Å². The highest BCUT2D eigenvalue weighted by Gasteiger charge is 2.10. The molecule has 0 aliphatic heterocycles. The predicted molar refractivity (Wildman–Crippen MR) is 69.1 cm³/mol. The normalized spacial score (nSPS) is 11.0. The fourth-order valence-corrected chi connectivity index (χ4v) is 2.03. The van der Waals surface area contributed by atoms with E-state index in [4.69, 9.17) is 4.42 Å². The van der Waals surface area contributed by atoms with E-state index in [0.29, 0.717) is 10.9 Å². The third-order valence-electron chi connectivity index (χ3n) is 2.90. The summed E-state index contributed by atoms with van der Waals surface area (Å²) in [5.74, 6) is -0.672. The molecule has 0 aliphatic carbocycles. The second-order valence-electron chi connectivity index (χ2n) is 4.24. The highest BCUT2D eigenvalue weighted by molar-refractivity contribution is 5.77. The van der Waals surface area contributed by atoms with E-state index in [1.807, 2.05) is 6.07 Å². The molecule has 96 valence electrons. The van der Waals surface area contributed by atoms with Gasteiger partial charge in [-0.15, -0.1) is 0 Å². The van der Waals surface area contributed by atoms with Gasteiger partial charge in [-0.2, -0.15) is 5.10 Å². The zero-order chi connectivity index (χ0) is 13.4. The molecule has 0 amide bonds. The van der Waals surface area contributed by atoms with Gasteiger partial charge in [0.05, 0.1) is 23.1 Å². The van der Waals surface area contributed by atoms with E-state index in [1.54, 1.807) is 42.2 Å². The Balaban J connectivity index is 2.23. The lowest BCUT2D eigenvalue weighted by molar-refractivity contribution is 0.423. The van der Waals surface area contributed by atoms with Gasteiger partial charge < -0.3 is 4.42 Å². The lowest BCUT2D eigenvalue weighted by Gasteiger charge is -2.06. The molecule has 0 aliphatic rings. The maximum atomic E-state index is 11.8. The van der Waals surface area contributed by atoms with Crippen molar-refractivity contribution in [2.24, 2.45) is 7.05 Å². The van der Waals surface area contributed by atoms with Crippen LogP contribution in [0.15, 0.2) is 50.5 Å². The Kier molecular flexibility index (Phi) is 2.56. The highest BCUT2D eigenvalue weighted by Crippen LogP contribution is 2.08. The fraction of sp³-hybridized carbons (Fsp3) is 0.154. The van der Waals surface area contributed by atoms with Crippen LogP contribution >= 0.6 is 0 Å². The van der Waals surface area contributed by atoms with E-state index in [1.165, 1.54) is 4.57 Å². The second kappa shape index (κ2) is 4.24. The number of aryl methyl sites for hydroxylation is 1. The summed E-state index contributed by atoms with van der Waals surface area (Å²) in [5, 5.41) is 4.60. The molecule has 3 rings (SSSR count). The molecule has 3 aromatic rings. The molecule has 0 saturated carbocycles. The Morgan fingerprint density at radius 1 is 1.21 bits per heavy atom. The number of para-hydroxylation sites is 1. The van der Waals surface area contributed by atoms with E-state index in [2.05, 4.69) is 5.10 Å². The van der Waals surface area contributed by atoms with Gasteiger partial charge in [-0.3, -0.25) is 9.25 Å². The molecule has 6 nitrogen and oxygen atoms in total. The van der Waals surface area contributed by atoms with Gasteiger partial charge in [-0.05, 0) is 18.2 Å². The van der Waals surface area contributed by atoms with E-state index < -0.39 is 11.4 Å². The topological polar surface area (TPSA) is 70.0 Å². The molecule has 0 saturated heterocycles. The van der Waals surface area contributed by atoms with Crippen LogP contribution in [0.3, 0.4) is 0 Å². The molecule has 1 aromatic carbocycles. The molecule has 0 fully saturated rings. The highest BCUT2D eigenvalue weighted by atomic mass is 16.4. The summed E-state index contributed by atoms with van der Waals surface area (Å²) in [6, 6.07) is 8.67. The first-order valence-electron chi connectivity index (χ1n) is 5.76. The van der Waals surface area contributed by atoms with Crippen LogP contribution in [0, 0.1) is 0 Å². The lowest BCUT2D eigenvalue weighted by Crippen LogP contribution is -2.25. The molecule has 19 heavy (non-hydrogen) atoms. The number of fused-ring (bicyclic) bond motifs is 1. The van der Waals surface area contributed by atoms with Crippen LogP contribution in [0.25, 0.3) is 10.9 Å². The number of aromatic nitrogens is 3. The van der Waals surface area contributed by atoms with Crippen LogP contribution < -0.4 is 11.4 Å². The van der Waals surface area contributed by atoms with E-state index >= 15 is 0 Å². The number of benzene rings is 1. The van der Waals surface area contributed by atoms with Gasteiger partial charge in [-0.1, -0.05) is 12.1 Å². The molecule has 6 heteroatoms. The number of hydrogen-bond acceptors (Lipinski definition) is 4. The monoisotopic (exact) mass is 257 g/mol. The minimum atomic E-state index is -0.672. The number of nitrogens with zero attached hydrogens (tertiary/aromatic N) is 3. The molecule has 2 heterocycles. The van der Waals surface area contributed by atoms with Gasteiger partial charge >= 0.3 is 11.4 Å². The summed E-state index contributed by atoms with van der Waals surface area (Å²) < 4.78 is 7.77. The Morgan fingerprint density at radius 3 is 2.74 bits per heavy atom. The first-order valence-corrected chi connectivity index (χ1v) is 5.76. The molecule has 0 radical (unpaired) electrons. The molecule has 0 bridgehead atoms. The summed E-state index contributed by atoms with van der Waals surface area (Å²) in [4.78, 5) is 23.4. The quantitative estimate of drug-likeness (QED) is 0.678. The number of rotatable bonds is 2. The average molecular weight is 257 g/mol. The Labute approximate surface area is 107 Å². The van der Waals surface area contributed by atoms with Crippen LogP contribution in [-0.2, 0) is 13.6 Å². The van der Waals surface area contributed by atoms with Crippen molar-refractivity contribution in [3.05, 3.63) is 63.2 Å². The van der Waals surface area contributed by atoms with E-state index in [9.17, 15) is 9.59 Å². The van der Waals surface area contributed by atoms with Crippen molar-refractivity contribution in [1.82, 2.24) is 14.3 Å². The van der Waals surface area contributed by atoms with Crippen molar-refractivity contribution in [2.75, 3.05) is 0 Å². The maximum absolute atomic E-state index is 11.8. The van der Waals surface area contributed by atoms with Crippen LogP contribution in [0.1, 0.15) is 5.69 Å². The van der Waals surface area contributed by atoms with Gasteiger partial charge in [0.25, 0.3) is 0 Å². The summed E-state index contributed by atoms with van der Waals surface area (Å²) in [6.07, 6.45) is 1.79. The van der Waals surface area contributed by atoms with Crippen molar-refractivity contribution in [1.29, 1.82) is 0 Å². The van der Waals surface area contributed by atoms with Gasteiger partial charge in [-0.25, -0.2) is 9.59 Å². The third-order valence-corrected chi connectivity index (χ3v) is 2.90. The van der Waals surface area contributed by atoms with Crippen LogP contribution in [0.2, 0.25) is 0 Å². The molecule has 0 atom stereocenters. The standard InChI is InChI=1S/C13H11N3O3/c1-15-7-6-9(14-15)8-16-11-5-3-2-4-10(11)12(17)19-13(16)18/h2-7H,8H2,1H3. The second-order valence-corrected chi connectivity index (χ2v) is 4.24. The minimum Gasteiger partial charge on any atom is -0.372 e. The largest absolute Gasteiger partial charge is 0.422 e. The Hall–Kier alpha value is -2.63. The van der Waals surface area contributed by atoms with Gasteiger partial charge in [0, 0.05) is 13.2 Å². The minimum absolute atomic E-state index is 0.268. The molecule has 2 aromatic heterocycles. The maximum Gasteiger partial charge on any atom is 0.422 e. The average Bonchev–Trinajstić information content (AvgIpc) is 2.80. The van der Waals surface area contributed by atoms with Gasteiger partial charge in [0.2, 0.25) is 0 Å². The molecule has 0 unspecified atom stereocenters. The van der Waals surface area contributed by atoms with Gasteiger partial charge in [0.15, 0.2) is 0 Å². The summed E-state index contributed by atoms with van der Waals surface area (Å²) >= 11 is 0. The lowest BCUT2D eigenvalue weighted by atomic mass is 10.2. The SMILES string of the molecule is Cn1ccc(Cn2c(=O)oc(=O)c3ccccc32)n1. The first kappa shape index (κ1) is 11.5. The van der Waals surface area contributed by atoms with Crippen molar-refractivity contribution in [3.63, 3.8) is 0 Å². The van der Waals surface area contributed by atoms with Crippen molar-refractivity contribution in [2.45, 2.75) is 6.54 Å². The van der Waals surface area contributed by atoms with E-state index in [-0.39, 0.29) is 6.54 Å². The molecule has 0 N–H and O–H groups in total. The van der Waals surface area contributed by atoms with Crippen molar-refractivity contribution < 1.29 is 4.42 Å². The van der Waals surface area contributed by atoms with E-state index in [0.717, 1.165) is 5.69 Å². The van der Waals surface area contributed by atoms with Crippen LogP contribution in [-0.4, -0.2) is 14.3 Å². The fourth-order valence-electron chi connectivity index (χ4n) is 2.03. The summed E-state index contributed by atoms with van der Waals surface area (Å²) in [5.41, 5.74) is 0.663. The molecular weight excluding hydrogens is 246 g/mol. The Morgan fingerprint density at radius 2 is 2.00 bits per heavy atom. The summed E-state index contributed by atoms with van der Waals surface area (Å²) in [7, 11) is 1.80. The predicted octanol–water partition coefficient (Wildman–Crippen LogP) is 0.736. The van der Waals surface area contributed by atoms with Crippen LogP contribution in [0.5, 0.6) is 0 Å². The zero-order valence-electron chi connectivity index (χ0n) is 10.2. The molecular formula is C13H11N3O3. The molecule has 0 spiro atoms. The zero-order valence-corrected chi connectivity index (χ0v) is 10.2. The van der Waals surface area contributed by atoms with Crippen LogP contribution in [0.4, 0.5) is 0 Å².